The quantitative estimate of drug-likeness (QED) is 0.594. The molecule has 0 aliphatic carbocycles. The van der Waals surface area contributed by atoms with Crippen LogP contribution in [0, 0.1) is 20.8 Å². The molecule has 0 N–H and O–H groups in total. The number of halogens is 2. The van der Waals surface area contributed by atoms with E-state index in [0.29, 0.717) is 12.0 Å². The summed E-state index contributed by atoms with van der Waals surface area (Å²) in [7, 11) is 3.21. The van der Waals surface area contributed by atoms with Crippen LogP contribution >= 0.6 is 0 Å². The summed E-state index contributed by atoms with van der Waals surface area (Å²) in [5.74, 6) is -3.32. The van der Waals surface area contributed by atoms with Crippen LogP contribution in [0.3, 0.4) is 0 Å². The molecule has 2 aromatic heterocycles. The lowest BCUT2D eigenvalue weighted by Gasteiger charge is -2.14. The van der Waals surface area contributed by atoms with Gasteiger partial charge in [-0.1, -0.05) is 0 Å². The molecule has 148 valence electrons. The van der Waals surface area contributed by atoms with Crippen molar-refractivity contribution >= 4 is 16.9 Å². The van der Waals surface area contributed by atoms with E-state index in [1.165, 1.54) is 13.3 Å². The topological polar surface area (TPSA) is 44.1 Å². The number of fused-ring (bicyclic) bond motifs is 1. The number of aromatic nitrogens is 2. The molecule has 3 aromatic rings. The molecule has 0 spiro atoms. The van der Waals surface area contributed by atoms with E-state index in [1.54, 1.807) is 12.1 Å². The van der Waals surface area contributed by atoms with Crippen molar-refractivity contribution in [2.24, 2.45) is 7.05 Å². The monoisotopic (exact) mass is 386 g/mol. The molecule has 4 nitrogen and oxygen atoms in total. The van der Waals surface area contributed by atoms with Gasteiger partial charge in [0.15, 0.2) is 0 Å². The van der Waals surface area contributed by atoms with Crippen LogP contribution in [0.2, 0.25) is 0 Å². The van der Waals surface area contributed by atoms with Gasteiger partial charge in [-0.15, -0.1) is 0 Å². The molecule has 28 heavy (non-hydrogen) atoms. The lowest BCUT2D eigenvalue weighted by Crippen LogP contribution is -2.10. The summed E-state index contributed by atoms with van der Waals surface area (Å²) in [5, 5.41) is 0.942. The first-order valence-electron chi connectivity index (χ1n) is 9.05. The van der Waals surface area contributed by atoms with Gasteiger partial charge in [0.2, 0.25) is 0 Å². The van der Waals surface area contributed by atoms with Crippen molar-refractivity contribution in [3.63, 3.8) is 0 Å². The first kappa shape index (κ1) is 20.0. The molecule has 0 unspecified atom stereocenters. The fraction of sp³-hybridized carbons (Fsp3) is 0.364. The van der Waals surface area contributed by atoms with Gasteiger partial charge in [-0.2, -0.15) is 0 Å². The number of alkyl halides is 2. The van der Waals surface area contributed by atoms with E-state index in [9.17, 15) is 13.6 Å². The molecule has 0 aliphatic rings. The van der Waals surface area contributed by atoms with Gasteiger partial charge < -0.3 is 9.30 Å². The second-order valence-corrected chi connectivity index (χ2v) is 7.34. The van der Waals surface area contributed by atoms with E-state index < -0.39 is 11.9 Å². The Morgan fingerprint density at radius 3 is 2.50 bits per heavy atom. The smallest absolute Gasteiger partial charge is 0.339 e. The second-order valence-electron chi connectivity index (χ2n) is 7.34. The van der Waals surface area contributed by atoms with Crippen LogP contribution in [0.25, 0.3) is 10.9 Å². The molecule has 0 saturated heterocycles. The van der Waals surface area contributed by atoms with Gasteiger partial charge in [0.05, 0.1) is 12.7 Å². The average molecular weight is 386 g/mol. The molecule has 0 saturated carbocycles. The van der Waals surface area contributed by atoms with Crippen molar-refractivity contribution in [3.05, 3.63) is 63.6 Å². The molecule has 1 aromatic carbocycles. The number of methoxy groups -OCH3 is 1. The van der Waals surface area contributed by atoms with Crippen molar-refractivity contribution in [2.75, 3.05) is 7.11 Å². The third-order valence-electron chi connectivity index (χ3n) is 5.42. The van der Waals surface area contributed by atoms with Crippen LogP contribution < -0.4 is 0 Å². The Hall–Kier alpha value is -2.76. The Kier molecular flexibility index (Phi) is 5.00. The number of rotatable bonds is 4. The van der Waals surface area contributed by atoms with Gasteiger partial charge in [0.1, 0.15) is 0 Å². The zero-order chi connectivity index (χ0) is 20.8. The van der Waals surface area contributed by atoms with Crippen molar-refractivity contribution in [1.82, 2.24) is 9.55 Å². The van der Waals surface area contributed by atoms with Crippen molar-refractivity contribution in [3.8, 4) is 0 Å². The lowest BCUT2D eigenvalue weighted by molar-refractivity contribution is 0.0175. The first-order valence-corrected chi connectivity index (χ1v) is 9.05. The SMILES string of the molecule is COC(=O)c1cnc(C)c(Cc2cc3c(C)cc(C(C)(F)F)cc3n2C)c1C. The number of nitrogens with zero attached hydrogens (tertiary/aromatic N) is 2. The standard InChI is InChI=1S/C22H24F2N2O2/c1-12-7-15(22(4,23)24)8-20-17(12)9-16(26(20)5)10-18-13(2)19(21(27)28-6)11-25-14(18)3/h7-9,11H,10H2,1-6H3. The summed E-state index contributed by atoms with van der Waals surface area (Å²) in [6.07, 6.45) is 2.07. The summed E-state index contributed by atoms with van der Waals surface area (Å²) in [4.78, 5) is 16.3. The number of benzene rings is 1. The third-order valence-corrected chi connectivity index (χ3v) is 5.42. The van der Waals surface area contributed by atoms with Gasteiger partial charge in [-0.3, -0.25) is 4.98 Å². The molecule has 0 atom stereocenters. The Bertz CT molecular complexity index is 1080. The molecule has 0 radical (unpaired) electrons. The fourth-order valence-corrected chi connectivity index (χ4v) is 3.61. The summed E-state index contributed by atoms with van der Waals surface area (Å²) in [6.45, 7) is 6.53. The summed E-state index contributed by atoms with van der Waals surface area (Å²) in [5.41, 5.74) is 5.56. The molecule has 0 aliphatic heterocycles. The molecule has 0 bridgehead atoms. The number of hydrogen-bond acceptors (Lipinski definition) is 3. The minimum atomic E-state index is -2.89. The summed E-state index contributed by atoms with van der Waals surface area (Å²) in [6, 6.07) is 5.11. The maximum absolute atomic E-state index is 13.8. The predicted octanol–water partition coefficient (Wildman–Crippen LogP) is 4.99. The molecule has 6 heteroatoms. The molecular formula is C22H24F2N2O2. The number of carbonyl (C=O) groups excluding carboxylic acids is 1. The Labute approximate surface area is 163 Å². The van der Waals surface area contributed by atoms with Crippen LogP contribution in [0.1, 0.15) is 50.9 Å². The maximum atomic E-state index is 13.8. The highest BCUT2D eigenvalue weighted by atomic mass is 19.3. The van der Waals surface area contributed by atoms with Gasteiger partial charge in [0, 0.05) is 54.4 Å². The average Bonchev–Trinajstić information content (AvgIpc) is 2.94. The Morgan fingerprint density at radius 1 is 1.21 bits per heavy atom. The van der Waals surface area contributed by atoms with Gasteiger partial charge in [-0.25, -0.2) is 13.6 Å². The van der Waals surface area contributed by atoms with Crippen LogP contribution in [-0.2, 0) is 24.1 Å². The highest BCUT2D eigenvalue weighted by Crippen LogP contribution is 2.33. The Balaban J connectivity index is 2.13. The number of hydrogen-bond donors (Lipinski definition) is 0. The largest absolute Gasteiger partial charge is 0.465 e. The van der Waals surface area contributed by atoms with E-state index in [2.05, 4.69) is 4.98 Å². The highest BCUT2D eigenvalue weighted by molar-refractivity contribution is 5.91. The van der Waals surface area contributed by atoms with Crippen LogP contribution in [-0.4, -0.2) is 22.6 Å². The molecular weight excluding hydrogens is 362 g/mol. The minimum Gasteiger partial charge on any atom is -0.465 e. The first-order chi connectivity index (χ1) is 13.0. The lowest BCUT2D eigenvalue weighted by atomic mass is 9.98. The van der Waals surface area contributed by atoms with Crippen molar-refractivity contribution < 1.29 is 18.3 Å². The number of ether oxygens (including phenoxy) is 1. The molecule has 2 heterocycles. The predicted molar refractivity (Wildman–Crippen MR) is 105 cm³/mol. The molecule has 0 amide bonds. The van der Waals surface area contributed by atoms with Gasteiger partial charge in [0.25, 0.3) is 5.92 Å². The van der Waals surface area contributed by atoms with E-state index in [-0.39, 0.29) is 5.56 Å². The Morgan fingerprint density at radius 2 is 1.89 bits per heavy atom. The number of esters is 1. The molecule has 3 rings (SSSR count). The van der Waals surface area contributed by atoms with Crippen LogP contribution in [0.15, 0.2) is 24.4 Å². The van der Waals surface area contributed by atoms with Gasteiger partial charge >= 0.3 is 5.97 Å². The van der Waals surface area contributed by atoms with E-state index >= 15 is 0 Å². The third kappa shape index (κ3) is 3.39. The van der Waals surface area contributed by atoms with Crippen molar-refractivity contribution in [2.45, 2.75) is 40.0 Å². The number of pyridine rings is 1. The highest BCUT2D eigenvalue weighted by Gasteiger charge is 2.26. The van der Waals surface area contributed by atoms with E-state index in [0.717, 1.165) is 45.9 Å². The summed E-state index contributed by atoms with van der Waals surface area (Å²) >= 11 is 0. The van der Waals surface area contributed by atoms with E-state index in [4.69, 9.17) is 4.74 Å². The number of carbonyl (C=O) groups is 1. The normalized spacial score (nSPS) is 11.9. The molecule has 0 fully saturated rings. The second kappa shape index (κ2) is 7.00. The zero-order valence-corrected chi connectivity index (χ0v) is 17.0. The van der Waals surface area contributed by atoms with Crippen LogP contribution in [0.5, 0.6) is 0 Å². The minimum absolute atomic E-state index is 0.00645. The van der Waals surface area contributed by atoms with Gasteiger partial charge in [-0.05, 0) is 55.7 Å². The zero-order valence-electron chi connectivity index (χ0n) is 17.0. The van der Waals surface area contributed by atoms with E-state index in [1.807, 2.05) is 38.5 Å². The summed E-state index contributed by atoms with van der Waals surface area (Å²) < 4.78 is 34.5. The number of aryl methyl sites for hydroxylation is 3. The fourth-order valence-electron chi connectivity index (χ4n) is 3.61. The van der Waals surface area contributed by atoms with Crippen molar-refractivity contribution in [1.29, 1.82) is 0 Å². The maximum Gasteiger partial charge on any atom is 0.339 e. The van der Waals surface area contributed by atoms with Crippen LogP contribution in [0.4, 0.5) is 8.78 Å².